The second-order valence-electron chi connectivity index (χ2n) is 5.20. The molecule has 26 heavy (non-hydrogen) atoms. The monoisotopic (exact) mass is 376 g/mol. The number of nitrogens with zero attached hydrogens (tertiary/aromatic N) is 1. The minimum Gasteiger partial charge on any atom is -0.493 e. The molecule has 138 valence electrons. The van der Waals surface area contributed by atoms with Crippen molar-refractivity contribution >= 4 is 29.2 Å². The van der Waals surface area contributed by atoms with Gasteiger partial charge in [0.25, 0.3) is 5.91 Å². The van der Waals surface area contributed by atoms with Crippen molar-refractivity contribution in [2.75, 3.05) is 32.6 Å². The zero-order valence-corrected chi connectivity index (χ0v) is 15.3. The van der Waals surface area contributed by atoms with Crippen molar-refractivity contribution in [2.24, 2.45) is 10.7 Å². The molecule has 0 fully saturated rings. The lowest BCUT2D eigenvalue weighted by atomic mass is 10.2. The fourth-order valence-electron chi connectivity index (χ4n) is 2.19. The Morgan fingerprint density at radius 2 is 1.88 bits per heavy atom. The lowest BCUT2D eigenvalue weighted by molar-refractivity contribution is 0.0955. The van der Waals surface area contributed by atoms with Gasteiger partial charge in [-0.1, -0.05) is 23.7 Å². The minimum absolute atomic E-state index is 0.226. The van der Waals surface area contributed by atoms with Crippen molar-refractivity contribution in [1.29, 1.82) is 0 Å². The molecule has 1 amide bonds. The smallest absolute Gasteiger partial charge is 0.252 e. The summed E-state index contributed by atoms with van der Waals surface area (Å²) in [6.07, 6.45) is 0. The number of methoxy groups -OCH3 is 2. The Morgan fingerprint density at radius 1 is 1.15 bits per heavy atom. The summed E-state index contributed by atoms with van der Waals surface area (Å²) in [5.74, 6) is 1.18. The number of anilines is 1. The van der Waals surface area contributed by atoms with E-state index in [2.05, 4.69) is 15.6 Å². The molecule has 2 rings (SSSR count). The van der Waals surface area contributed by atoms with E-state index in [1.165, 1.54) is 0 Å². The summed E-state index contributed by atoms with van der Waals surface area (Å²) in [7, 11) is 3.12. The third-order valence-electron chi connectivity index (χ3n) is 3.45. The standard InChI is InChI=1S/C18H21ClN4O3/c1-25-15-8-7-12(11-16(15)26-2)23-18(20)22-10-9-21-17(24)13-5-3-4-6-14(13)19/h3-8,11H,9-10H2,1-2H3,(H,21,24)(H3,20,22,23). The Morgan fingerprint density at radius 3 is 2.58 bits per heavy atom. The summed E-state index contributed by atoms with van der Waals surface area (Å²) < 4.78 is 10.4. The van der Waals surface area contributed by atoms with E-state index in [1.54, 1.807) is 56.7 Å². The Labute approximate surface area is 157 Å². The topological polar surface area (TPSA) is 98.0 Å². The van der Waals surface area contributed by atoms with Crippen molar-refractivity contribution in [3.63, 3.8) is 0 Å². The van der Waals surface area contributed by atoms with Crippen LogP contribution in [0.25, 0.3) is 0 Å². The molecule has 0 radical (unpaired) electrons. The van der Waals surface area contributed by atoms with E-state index in [9.17, 15) is 4.79 Å². The molecule has 0 spiro atoms. The van der Waals surface area contributed by atoms with Gasteiger partial charge < -0.3 is 25.8 Å². The normalized spacial score (nSPS) is 11.0. The van der Waals surface area contributed by atoms with Gasteiger partial charge >= 0.3 is 0 Å². The first-order valence-corrected chi connectivity index (χ1v) is 8.24. The highest BCUT2D eigenvalue weighted by molar-refractivity contribution is 6.33. The summed E-state index contributed by atoms with van der Waals surface area (Å²) in [5.41, 5.74) is 6.99. The number of hydrogen-bond donors (Lipinski definition) is 3. The van der Waals surface area contributed by atoms with E-state index in [4.69, 9.17) is 26.8 Å². The molecule has 0 aromatic heterocycles. The summed E-state index contributed by atoms with van der Waals surface area (Å²) in [6, 6.07) is 12.2. The summed E-state index contributed by atoms with van der Waals surface area (Å²) in [5, 5.41) is 6.10. The van der Waals surface area contributed by atoms with Crippen LogP contribution in [0, 0.1) is 0 Å². The number of ether oxygens (including phenoxy) is 2. The first kappa shape index (κ1) is 19.4. The molecular weight excluding hydrogens is 356 g/mol. The molecule has 0 heterocycles. The van der Waals surface area contributed by atoms with E-state index in [0.717, 1.165) is 0 Å². The van der Waals surface area contributed by atoms with Crippen molar-refractivity contribution < 1.29 is 14.3 Å². The fourth-order valence-corrected chi connectivity index (χ4v) is 2.41. The summed E-state index contributed by atoms with van der Waals surface area (Å²) >= 11 is 5.98. The number of rotatable bonds is 7. The van der Waals surface area contributed by atoms with Crippen LogP contribution >= 0.6 is 11.6 Å². The summed E-state index contributed by atoms with van der Waals surface area (Å²) in [6.45, 7) is 0.653. The number of nitrogens with two attached hydrogens (primary N) is 1. The van der Waals surface area contributed by atoms with Gasteiger partial charge in [0.15, 0.2) is 17.5 Å². The maximum atomic E-state index is 12.0. The minimum atomic E-state index is -0.253. The van der Waals surface area contributed by atoms with Gasteiger partial charge in [-0.3, -0.25) is 9.79 Å². The van der Waals surface area contributed by atoms with E-state index in [-0.39, 0.29) is 11.9 Å². The Hall–Kier alpha value is -2.93. The maximum Gasteiger partial charge on any atom is 0.252 e. The quantitative estimate of drug-likeness (QED) is 0.392. The average molecular weight is 377 g/mol. The Kier molecular flexibility index (Phi) is 7.11. The van der Waals surface area contributed by atoms with Gasteiger partial charge in [-0.05, 0) is 24.3 Å². The maximum absolute atomic E-state index is 12.0. The van der Waals surface area contributed by atoms with E-state index in [1.807, 2.05) is 0 Å². The van der Waals surface area contributed by atoms with Gasteiger partial charge in [-0.25, -0.2) is 0 Å². The van der Waals surface area contributed by atoms with Gasteiger partial charge in [0, 0.05) is 18.3 Å². The zero-order chi connectivity index (χ0) is 18.9. The predicted molar refractivity (Wildman–Crippen MR) is 103 cm³/mol. The molecule has 0 unspecified atom stereocenters. The molecule has 2 aromatic rings. The molecule has 0 aliphatic heterocycles. The van der Waals surface area contributed by atoms with Gasteiger partial charge in [0.1, 0.15) is 0 Å². The number of benzene rings is 2. The van der Waals surface area contributed by atoms with Crippen LogP contribution in [0.3, 0.4) is 0 Å². The van der Waals surface area contributed by atoms with Crippen LogP contribution in [0.5, 0.6) is 11.5 Å². The Bertz CT molecular complexity index is 796. The highest BCUT2D eigenvalue weighted by Crippen LogP contribution is 2.29. The summed E-state index contributed by atoms with van der Waals surface area (Å²) in [4.78, 5) is 16.2. The first-order valence-electron chi connectivity index (χ1n) is 7.87. The highest BCUT2D eigenvalue weighted by atomic mass is 35.5. The van der Waals surface area contributed by atoms with E-state index >= 15 is 0 Å². The van der Waals surface area contributed by atoms with Crippen LogP contribution in [0.1, 0.15) is 10.4 Å². The number of carbonyl (C=O) groups is 1. The number of aliphatic imine (C=N–C) groups is 1. The number of amides is 1. The largest absolute Gasteiger partial charge is 0.493 e. The molecule has 4 N–H and O–H groups in total. The van der Waals surface area contributed by atoms with Gasteiger partial charge in [-0.2, -0.15) is 0 Å². The van der Waals surface area contributed by atoms with Gasteiger partial charge in [0.2, 0.25) is 0 Å². The SMILES string of the molecule is COc1ccc(NC(N)=NCCNC(=O)c2ccccc2Cl)cc1OC. The second-order valence-corrected chi connectivity index (χ2v) is 5.60. The fraction of sp³-hybridized carbons (Fsp3) is 0.222. The van der Waals surface area contributed by atoms with Gasteiger partial charge in [-0.15, -0.1) is 0 Å². The average Bonchev–Trinajstić information content (AvgIpc) is 2.65. The Balaban J connectivity index is 1.85. The molecular formula is C18H21ClN4O3. The van der Waals surface area contributed by atoms with E-state index in [0.29, 0.717) is 40.9 Å². The molecule has 7 nitrogen and oxygen atoms in total. The van der Waals surface area contributed by atoms with Crippen molar-refractivity contribution in [3.8, 4) is 11.5 Å². The van der Waals surface area contributed by atoms with Crippen molar-refractivity contribution in [1.82, 2.24) is 5.32 Å². The third-order valence-corrected chi connectivity index (χ3v) is 3.78. The lowest BCUT2D eigenvalue weighted by Gasteiger charge is -2.11. The van der Waals surface area contributed by atoms with Crippen molar-refractivity contribution in [2.45, 2.75) is 0 Å². The number of carbonyl (C=O) groups excluding carboxylic acids is 1. The third kappa shape index (κ3) is 5.29. The molecule has 0 atom stereocenters. The number of halogens is 1. The van der Waals surface area contributed by atoms with Crippen LogP contribution in [-0.4, -0.2) is 39.2 Å². The van der Waals surface area contributed by atoms with Crippen LogP contribution in [0.15, 0.2) is 47.5 Å². The van der Waals surface area contributed by atoms with Crippen molar-refractivity contribution in [3.05, 3.63) is 53.1 Å². The van der Waals surface area contributed by atoms with Gasteiger partial charge in [0.05, 0.1) is 31.4 Å². The molecule has 0 saturated heterocycles. The lowest BCUT2D eigenvalue weighted by Crippen LogP contribution is -2.28. The number of nitrogens with one attached hydrogen (secondary N) is 2. The molecule has 0 bridgehead atoms. The number of guanidine groups is 1. The second kappa shape index (κ2) is 9.53. The molecule has 0 aliphatic rings. The zero-order valence-electron chi connectivity index (χ0n) is 14.6. The van der Waals surface area contributed by atoms with E-state index < -0.39 is 0 Å². The predicted octanol–water partition coefficient (Wildman–Crippen LogP) is 2.51. The van der Waals surface area contributed by atoms with Crippen LogP contribution in [-0.2, 0) is 0 Å². The molecule has 2 aromatic carbocycles. The molecule has 0 saturated carbocycles. The number of hydrogen-bond acceptors (Lipinski definition) is 4. The van der Waals surface area contributed by atoms with Crippen LogP contribution in [0.4, 0.5) is 5.69 Å². The molecule has 0 aliphatic carbocycles. The molecule has 8 heteroatoms. The highest BCUT2D eigenvalue weighted by Gasteiger charge is 2.08. The van der Waals surface area contributed by atoms with Crippen LogP contribution in [0.2, 0.25) is 5.02 Å². The first-order chi connectivity index (χ1) is 12.5. The van der Waals surface area contributed by atoms with Crippen LogP contribution < -0.4 is 25.8 Å².